The highest BCUT2D eigenvalue weighted by molar-refractivity contribution is 7.89. The van der Waals surface area contributed by atoms with Gasteiger partial charge < -0.3 is 14.4 Å². The summed E-state index contributed by atoms with van der Waals surface area (Å²) in [5.74, 6) is 2.05. The predicted octanol–water partition coefficient (Wildman–Crippen LogP) is 3.05. The zero-order chi connectivity index (χ0) is 21.6. The Hall–Kier alpha value is -2.39. The highest BCUT2D eigenvalue weighted by Crippen LogP contribution is 2.29. The Balaban J connectivity index is 1.81. The number of piperidine rings is 1. The summed E-state index contributed by atoms with van der Waals surface area (Å²) in [4.78, 5) is 11.3. The molecule has 0 saturated carbocycles. The second kappa shape index (κ2) is 10.1. The van der Waals surface area contributed by atoms with Crippen molar-refractivity contribution in [2.75, 3.05) is 31.2 Å². The number of anilines is 1. The fourth-order valence-electron chi connectivity index (χ4n) is 3.44. The fourth-order valence-corrected chi connectivity index (χ4v) is 4.58. The molecule has 0 bridgehead atoms. The molecule has 1 N–H and O–H groups in total. The van der Waals surface area contributed by atoms with Crippen molar-refractivity contribution in [1.82, 2.24) is 14.7 Å². The van der Waals surface area contributed by atoms with Gasteiger partial charge in [0, 0.05) is 30.9 Å². The van der Waals surface area contributed by atoms with Crippen molar-refractivity contribution >= 4 is 15.8 Å². The number of hydrogen-bond acceptors (Lipinski definition) is 7. The van der Waals surface area contributed by atoms with Crippen LogP contribution in [0.15, 0.2) is 29.2 Å². The number of rotatable bonds is 9. The summed E-state index contributed by atoms with van der Waals surface area (Å²) in [5.41, 5.74) is 0.813. The van der Waals surface area contributed by atoms with Gasteiger partial charge in [-0.2, -0.15) is 0 Å². The topological polar surface area (TPSA) is 93.6 Å². The SMILES string of the molecule is CCOc1ccc(OCC)c(S(=O)(=O)NCc2nc(C)cc(N3CCCCC3)n2)c1. The van der Waals surface area contributed by atoms with E-state index >= 15 is 0 Å². The minimum Gasteiger partial charge on any atom is -0.494 e. The number of nitrogens with one attached hydrogen (secondary N) is 1. The molecule has 1 fully saturated rings. The van der Waals surface area contributed by atoms with Gasteiger partial charge in [0.2, 0.25) is 10.0 Å². The van der Waals surface area contributed by atoms with Gasteiger partial charge in [0.1, 0.15) is 28.0 Å². The van der Waals surface area contributed by atoms with E-state index in [2.05, 4.69) is 19.6 Å². The van der Waals surface area contributed by atoms with Crippen LogP contribution in [0, 0.1) is 6.92 Å². The van der Waals surface area contributed by atoms with Crippen LogP contribution in [-0.2, 0) is 16.6 Å². The summed E-state index contributed by atoms with van der Waals surface area (Å²) >= 11 is 0. The molecule has 30 heavy (non-hydrogen) atoms. The van der Waals surface area contributed by atoms with Crippen LogP contribution in [0.4, 0.5) is 5.82 Å². The maximum Gasteiger partial charge on any atom is 0.244 e. The quantitative estimate of drug-likeness (QED) is 0.648. The smallest absolute Gasteiger partial charge is 0.244 e. The summed E-state index contributed by atoms with van der Waals surface area (Å²) in [6, 6.07) is 6.73. The van der Waals surface area contributed by atoms with Crippen molar-refractivity contribution in [3.63, 3.8) is 0 Å². The molecule has 0 aliphatic carbocycles. The molecule has 3 rings (SSSR count). The Morgan fingerprint density at radius 3 is 2.47 bits per heavy atom. The highest BCUT2D eigenvalue weighted by Gasteiger charge is 2.22. The van der Waals surface area contributed by atoms with E-state index in [9.17, 15) is 8.42 Å². The van der Waals surface area contributed by atoms with Crippen LogP contribution < -0.4 is 19.1 Å². The Labute approximate surface area is 178 Å². The maximum atomic E-state index is 13.0. The Bertz CT molecular complexity index is 959. The number of aromatic nitrogens is 2. The van der Waals surface area contributed by atoms with Crippen LogP contribution in [-0.4, -0.2) is 44.7 Å². The van der Waals surface area contributed by atoms with Crippen LogP contribution >= 0.6 is 0 Å². The van der Waals surface area contributed by atoms with Gasteiger partial charge in [0.15, 0.2) is 0 Å². The number of hydrogen-bond donors (Lipinski definition) is 1. The standard InChI is InChI=1S/C21H30N4O4S/c1-4-28-17-9-10-18(29-5-2)19(14-17)30(26,27)22-15-20-23-16(3)13-21(24-20)25-11-7-6-8-12-25/h9-10,13-14,22H,4-8,11-12,15H2,1-3H3. The number of nitrogens with zero attached hydrogens (tertiary/aromatic N) is 3. The lowest BCUT2D eigenvalue weighted by atomic mass is 10.1. The van der Waals surface area contributed by atoms with E-state index in [1.54, 1.807) is 12.1 Å². The van der Waals surface area contributed by atoms with Gasteiger partial charge in [-0.1, -0.05) is 0 Å². The van der Waals surface area contributed by atoms with Crippen molar-refractivity contribution in [3.05, 3.63) is 35.8 Å². The third kappa shape index (κ3) is 5.60. The van der Waals surface area contributed by atoms with Crippen LogP contribution in [0.2, 0.25) is 0 Å². The maximum absolute atomic E-state index is 13.0. The first-order chi connectivity index (χ1) is 14.4. The van der Waals surface area contributed by atoms with E-state index in [-0.39, 0.29) is 17.2 Å². The van der Waals surface area contributed by atoms with Gasteiger partial charge in [0.25, 0.3) is 0 Å². The Morgan fingerprint density at radius 2 is 1.77 bits per heavy atom. The molecule has 2 aromatic rings. The molecular formula is C21H30N4O4S. The number of sulfonamides is 1. The largest absolute Gasteiger partial charge is 0.494 e. The first-order valence-corrected chi connectivity index (χ1v) is 11.9. The molecule has 1 aliphatic heterocycles. The summed E-state index contributed by atoms with van der Waals surface area (Å²) in [6.07, 6.45) is 3.51. The molecule has 1 aromatic heterocycles. The van der Waals surface area contributed by atoms with Crippen molar-refractivity contribution in [2.45, 2.75) is 51.5 Å². The van der Waals surface area contributed by atoms with Crippen molar-refractivity contribution in [2.24, 2.45) is 0 Å². The van der Waals surface area contributed by atoms with Gasteiger partial charge >= 0.3 is 0 Å². The minimum absolute atomic E-state index is 0.00468. The molecule has 0 atom stereocenters. The van der Waals surface area contributed by atoms with Gasteiger partial charge in [-0.15, -0.1) is 0 Å². The monoisotopic (exact) mass is 434 g/mol. The van der Waals surface area contributed by atoms with E-state index < -0.39 is 10.0 Å². The van der Waals surface area contributed by atoms with E-state index in [0.717, 1.165) is 37.4 Å². The lowest BCUT2D eigenvalue weighted by molar-refractivity contribution is 0.322. The van der Waals surface area contributed by atoms with Crippen molar-refractivity contribution in [1.29, 1.82) is 0 Å². The average Bonchev–Trinajstić information content (AvgIpc) is 2.74. The molecule has 0 amide bonds. The summed E-state index contributed by atoms with van der Waals surface area (Å²) in [7, 11) is -3.85. The lowest BCUT2D eigenvalue weighted by Gasteiger charge is -2.28. The fraction of sp³-hybridized carbons (Fsp3) is 0.524. The molecule has 0 spiro atoms. The first kappa shape index (κ1) is 22.3. The number of benzene rings is 1. The van der Waals surface area contributed by atoms with Gasteiger partial charge in [-0.3, -0.25) is 0 Å². The normalized spacial score (nSPS) is 14.6. The van der Waals surface area contributed by atoms with Crippen LogP contribution in [0.1, 0.15) is 44.6 Å². The number of ether oxygens (including phenoxy) is 2. The van der Waals surface area contributed by atoms with Crippen molar-refractivity contribution < 1.29 is 17.9 Å². The molecule has 0 radical (unpaired) electrons. The average molecular weight is 435 g/mol. The lowest BCUT2D eigenvalue weighted by Crippen LogP contribution is -2.31. The molecule has 1 aromatic carbocycles. The second-order valence-corrected chi connectivity index (χ2v) is 8.87. The third-order valence-electron chi connectivity index (χ3n) is 4.80. The van der Waals surface area contributed by atoms with E-state index in [1.165, 1.54) is 12.5 Å². The Kier molecular flexibility index (Phi) is 7.49. The van der Waals surface area contributed by atoms with E-state index in [0.29, 0.717) is 24.8 Å². The van der Waals surface area contributed by atoms with Gasteiger partial charge in [0.05, 0.1) is 19.8 Å². The Morgan fingerprint density at radius 1 is 1.03 bits per heavy atom. The summed E-state index contributed by atoms with van der Waals surface area (Å²) < 4.78 is 39.6. The molecule has 1 saturated heterocycles. The molecule has 1 aliphatic rings. The highest BCUT2D eigenvalue weighted by atomic mass is 32.2. The number of aryl methyl sites for hydroxylation is 1. The summed E-state index contributed by atoms with van der Waals surface area (Å²) in [6.45, 7) is 8.27. The van der Waals surface area contributed by atoms with Crippen LogP contribution in [0.5, 0.6) is 11.5 Å². The molecule has 9 heteroatoms. The first-order valence-electron chi connectivity index (χ1n) is 10.4. The molecular weight excluding hydrogens is 404 g/mol. The molecule has 8 nitrogen and oxygen atoms in total. The second-order valence-electron chi connectivity index (χ2n) is 7.13. The summed E-state index contributed by atoms with van der Waals surface area (Å²) in [5, 5.41) is 0. The zero-order valence-corrected chi connectivity index (χ0v) is 18.7. The molecule has 164 valence electrons. The minimum atomic E-state index is -3.85. The van der Waals surface area contributed by atoms with E-state index in [1.807, 2.05) is 26.8 Å². The van der Waals surface area contributed by atoms with E-state index in [4.69, 9.17) is 9.47 Å². The van der Waals surface area contributed by atoms with Gasteiger partial charge in [-0.05, 0) is 52.2 Å². The van der Waals surface area contributed by atoms with Gasteiger partial charge in [-0.25, -0.2) is 23.1 Å². The van der Waals surface area contributed by atoms with Crippen LogP contribution in [0.3, 0.4) is 0 Å². The predicted molar refractivity (Wildman–Crippen MR) is 116 cm³/mol. The molecule has 0 unspecified atom stereocenters. The molecule has 2 heterocycles. The van der Waals surface area contributed by atoms with Crippen molar-refractivity contribution in [3.8, 4) is 11.5 Å². The van der Waals surface area contributed by atoms with Crippen LogP contribution in [0.25, 0.3) is 0 Å². The third-order valence-corrected chi connectivity index (χ3v) is 6.23. The zero-order valence-electron chi connectivity index (χ0n) is 17.8.